The molecular weight excluding hydrogens is 436 g/mol. The third kappa shape index (κ3) is 6.18. The molecule has 31 heavy (non-hydrogen) atoms. The molecule has 0 spiro atoms. The van der Waals surface area contributed by atoms with Gasteiger partial charge in [-0.3, -0.25) is 4.79 Å². The van der Waals surface area contributed by atoms with Gasteiger partial charge in [0.25, 0.3) is 0 Å². The molecule has 0 atom stereocenters. The van der Waals surface area contributed by atoms with Crippen molar-refractivity contribution in [3.05, 3.63) is 65.0 Å². The van der Waals surface area contributed by atoms with E-state index < -0.39 is 23.2 Å². The van der Waals surface area contributed by atoms with Gasteiger partial charge in [0.1, 0.15) is 5.82 Å². The van der Waals surface area contributed by atoms with Gasteiger partial charge in [-0.1, -0.05) is 12.1 Å². The average molecular weight is 461 g/mol. The number of hydrogen-bond acceptors (Lipinski definition) is 4. The summed E-state index contributed by atoms with van der Waals surface area (Å²) in [6, 6.07) is 8.54. The van der Waals surface area contributed by atoms with Crippen LogP contribution in [0.25, 0.3) is 0 Å². The second-order valence-corrected chi connectivity index (χ2v) is 7.71. The minimum absolute atomic E-state index is 0. The Morgan fingerprint density at radius 3 is 2.42 bits per heavy atom. The van der Waals surface area contributed by atoms with Crippen LogP contribution in [0.4, 0.5) is 23.2 Å². The second kappa shape index (κ2) is 9.97. The highest BCUT2D eigenvalue weighted by atomic mass is 35.5. The standard InChI is InChI=1S/C22H24F4N2O2.ClH/c23-17-6-7-18(19(27)14-17)20(29)5-2-10-28-11-8-21(30,9-12-28)15-3-1-4-16(13-15)22(24,25)26;/h1,3-4,6-7,13-14,30H,2,5,8-12,27H2;1H. The lowest BCUT2D eigenvalue weighted by Crippen LogP contribution is -2.43. The Balaban J connectivity index is 0.00000341. The van der Waals surface area contributed by atoms with E-state index >= 15 is 0 Å². The fraction of sp³-hybridized carbons (Fsp3) is 0.409. The van der Waals surface area contributed by atoms with Gasteiger partial charge in [-0.2, -0.15) is 13.2 Å². The number of ketones is 1. The first-order valence-corrected chi connectivity index (χ1v) is 9.79. The topological polar surface area (TPSA) is 66.6 Å². The van der Waals surface area contributed by atoms with E-state index in [9.17, 15) is 27.5 Å². The number of benzene rings is 2. The van der Waals surface area contributed by atoms with Crippen molar-refractivity contribution in [3.63, 3.8) is 0 Å². The number of hydrogen-bond donors (Lipinski definition) is 2. The molecule has 3 rings (SSSR count). The fourth-order valence-electron chi connectivity index (χ4n) is 3.81. The van der Waals surface area contributed by atoms with Gasteiger partial charge in [-0.15, -0.1) is 12.4 Å². The number of nitrogens with zero attached hydrogens (tertiary/aromatic N) is 1. The molecule has 0 bridgehead atoms. The number of carbonyl (C=O) groups excluding carboxylic acids is 1. The molecule has 1 heterocycles. The molecule has 170 valence electrons. The zero-order valence-corrected chi connectivity index (χ0v) is 17.6. The van der Waals surface area contributed by atoms with Crippen LogP contribution in [0.5, 0.6) is 0 Å². The molecule has 1 aliphatic rings. The Kier molecular flexibility index (Phi) is 8.08. The zero-order chi connectivity index (χ0) is 21.9. The van der Waals surface area contributed by atoms with Crippen LogP contribution in [0.15, 0.2) is 42.5 Å². The lowest BCUT2D eigenvalue weighted by molar-refractivity contribution is -0.137. The molecule has 0 aliphatic carbocycles. The van der Waals surface area contributed by atoms with Crippen LogP contribution in [0, 0.1) is 5.82 Å². The fourth-order valence-corrected chi connectivity index (χ4v) is 3.81. The Morgan fingerprint density at radius 2 is 1.81 bits per heavy atom. The summed E-state index contributed by atoms with van der Waals surface area (Å²) in [6.07, 6.45) is -3.00. The van der Waals surface area contributed by atoms with Crippen molar-refractivity contribution in [1.29, 1.82) is 0 Å². The van der Waals surface area contributed by atoms with Crippen molar-refractivity contribution in [2.75, 3.05) is 25.4 Å². The third-order valence-electron chi connectivity index (χ3n) is 5.60. The van der Waals surface area contributed by atoms with Crippen molar-refractivity contribution in [2.45, 2.75) is 37.5 Å². The minimum atomic E-state index is -4.45. The Morgan fingerprint density at radius 1 is 1.13 bits per heavy atom. The molecule has 3 N–H and O–H groups in total. The minimum Gasteiger partial charge on any atom is -0.398 e. The Labute approximate surface area is 184 Å². The molecule has 1 fully saturated rings. The third-order valence-corrected chi connectivity index (χ3v) is 5.60. The molecule has 2 aromatic rings. The number of piperidine rings is 1. The molecule has 2 aromatic carbocycles. The predicted octanol–water partition coefficient (Wildman–Crippen LogP) is 4.80. The first-order chi connectivity index (χ1) is 14.1. The van der Waals surface area contributed by atoms with E-state index in [1.165, 1.54) is 24.3 Å². The van der Waals surface area contributed by atoms with E-state index in [2.05, 4.69) is 4.90 Å². The van der Waals surface area contributed by atoms with Gasteiger partial charge in [0.05, 0.1) is 11.2 Å². The highest BCUT2D eigenvalue weighted by Crippen LogP contribution is 2.36. The number of nitrogens with two attached hydrogens (primary N) is 1. The summed E-state index contributed by atoms with van der Waals surface area (Å²) >= 11 is 0. The first-order valence-electron chi connectivity index (χ1n) is 9.79. The maximum absolute atomic E-state index is 13.1. The van der Waals surface area contributed by atoms with E-state index in [0.717, 1.165) is 18.2 Å². The van der Waals surface area contributed by atoms with Gasteiger partial charge in [0.15, 0.2) is 5.78 Å². The highest BCUT2D eigenvalue weighted by molar-refractivity contribution is 6.00. The first kappa shape index (κ1) is 25.1. The smallest absolute Gasteiger partial charge is 0.398 e. The van der Waals surface area contributed by atoms with Crippen LogP contribution in [0.2, 0.25) is 0 Å². The van der Waals surface area contributed by atoms with Crippen molar-refractivity contribution < 1.29 is 27.5 Å². The number of anilines is 1. The number of carbonyl (C=O) groups is 1. The quantitative estimate of drug-likeness (QED) is 0.369. The van der Waals surface area contributed by atoms with Crippen LogP contribution in [-0.2, 0) is 11.8 Å². The Bertz CT molecular complexity index is 913. The van der Waals surface area contributed by atoms with Crippen molar-refractivity contribution in [2.24, 2.45) is 0 Å². The number of halogens is 5. The normalized spacial score (nSPS) is 16.5. The number of nitrogen functional groups attached to an aromatic ring is 1. The molecule has 0 saturated carbocycles. The van der Waals surface area contributed by atoms with Gasteiger partial charge in [-0.25, -0.2) is 4.39 Å². The molecule has 0 amide bonds. The summed E-state index contributed by atoms with van der Waals surface area (Å²) in [5.41, 5.74) is 4.32. The summed E-state index contributed by atoms with van der Waals surface area (Å²) in [7, 11) is 0. The summed E-state index contributed by atoms with van der Waals surface area (Å²) < 4.78 is 51.9. The Hall–Kier alpha value is -2.16. The van der Waals surface area contributed by atoms with E-state index in [1.807, 2.05) is 0 Å². The maximum Gasteiger partial charge on any atom is 0.416 e. The number of aliphatic hydroxyl groups is 1. The molecule has 0 aromatic heterocycles. The SMILES string of the molecule is Cl.Nc1cc(F)ccc1C(=O)CCCN1CCC(O)(c2cccc(C(F)(F)F)c2)CC1. The number of likely N-dealkylation sites (tertiary alicyclic amines) is 1. The molecule has 1 aliphatic heterocycles. The molecular formula is C22H25ClF4N2O2. The van der Waals surface area contributed by atoms with Crippen molar-refractivity contribution in [3.8, 4) is 0 Å². The summed E-state index contributed by atoms with van der Waals surface area (Å²) in [4.78, 5) is 14.3. The van der Waals surface area contributed by atoms with Crippen molar-refractivity contribution in [1.82, 2.24) is 4.90 Å². The number of alkyl halides is 3. The highest BCUT2D eigenvalue weighted by Gasteiger charge is 2.36. The lowest BCUT2D eigenvalue weighted by Gasteiger charge is -2.38. The van der Waals surface area contributed by atoms with E-state index in [0.29, 0.717) is 44.5 Å². The van der Waals surface area contributed by atoms with Gasteiger partial charge in [-0.05, 0) is 61.7 Å². The van der Waals surface area contributed by atoms with Crippen LogP contribution in [-0.4, -0.2) is 35.4 Å². The molecule has 0 radical (unpaired) electrons. The van der Waals surface area contributed by atoms with E-state index in [4.69, 9.17) is 5.73 Å². The van der Waals surface area contributed by atoms with E-state index in [1.54, 1.807) is 0 Å². The van der Waals surface area contributed by atoms with Gasteiger partial charge >= 0.3 is 6.18 Å². The van der Waals surface area contributed by atoms with Crippen LogP contribution >= 0.6 is 12.4 Å². The molecule has 0 unspecified atom stereocenters. The maximum atomic E-state index is 13.1. The van der Waals surface area contributed by atoms with Crippen molar-refractivity contribution >= 4 is 23.9 Å². The van der Waals surface area contributed by atoms with Gasteiger partial charge in [0.2, 0.25) is 0 Å². The molecule has 9 heteroatoms. The zero-order valence-electron chi connectivity index (χ0n) is 16.8. The van der Waals surface area contributed by atoms with Crippen LogP contribution < -0.4 is 5.73 Å². The van der Waals surface area contributed by atoms with Gasteiger partial charge < -0.3 is 15.7 Å². The lowest BCUT2D eigenvalue weighted by atomic mass is 9.83. The number of Topliss-reactive ketones (excluding diaryl/α,β-unsaturated/α-hetero) is 1. The van der Waals surface area contributed by atoms with Gasteiger partial charge in [0, 0.05) is 30.8 Å². The molecule has 4 nitrogen and oxygen atoms in total. The summed E-state index contributed by atoms with van der Waals surface area (Å²) in [5.74, 6) is -0.657. The van der Waals surface area contributed by atoms with E-state index in [-0.39, 0.29) is 35.9 Å². The second-order valence-electron chi connectivity index (χ2n) is 7.71. The van der Waals surface area contributed by atoms with Crippen LogP contribution in [0.3, 0.4) is 0 Å². The number of rotatable bonds is 6. The summed E-state index contributed by atoms with van der Waals surface area (Å²) in [6.45, 7) is 1.64. The molecule has 1 saturated heterocycles. The van der Waals surface area contributed by atoms with Crippen LogP contribution in [0.1, 0.15) is 47.2 Å². The predicted molar refractivity (Wildman–Crippen MR) is 113 cm³/mol. The largest absolute Gasteiger partial charge is 0.416 e. The monoisotopic (exact) mass is 460 g/mol. The summed E-state index contributed by atoms with van der Waals surface area (Å²) in [5, 5.41) is 10.9. The average Bonchev–Trinajstić information content (AvgIpc) is 2.69.